The van der Waals surface area contributed by atoms with Crippen LogP contribution in [0.15, 0.2) is 35.7 Å². The van der Waals surface area contributed by atoms with E-state index in [0.29, 0.717) is 50.3 Å². The maximum atomic E-state index is 13.1. The molecule has 1 atom stereocenters. The Morgan fingerprint density at radius 2 is 1.87 bits per heavy atom. The van der Waals surface area contributed by atoms with Gasteiger partial charge in [0.25, 0.3) is 0 Å². The summed E-state index contributed by atoms with van der Waals surface area (Å²) in [5, 5.41) is 2.78. The zero-order valence-corrected chi connectivity index (χ0v) is 18.6. The van der Waals surface area contributed by atoms with Crippen molar-refractivity contribution in [2.24, 2.45) is 5.92 Å². The molecule has 7 nitrogen and oxygen atoms in total. The second-order valence-corrected chi connectivity index (χ2v) is 10.1. The first-order valence-electron chi connectivity index (χ1n) is 10.5. The monoisotopic (exact) mass is 433 g/mol. The number of rotatable bonds is 6. The van der Waals surface area contributed by atoms with Crippen LogP contribution in [0.4, 0.5) is 0 Å². The summed E-state index contributed by atoms with van der Waals surface area (Å²) in [5.41, 5.74) is 1.76. The summed E-state index contributed by atoms with van der Waals surface area (Å²) in [7, 11) is -3.58. The van der Waals surface area contributed by atoms with Crippen LogP contribution in [0.25, 0.3) is 0 Å². The number of carbonyl (C=O) groups is 2. The Balaban J connectivity index is 1.64. The number of nitrogens with one attached hydrogen (secondary N) is 1. The summed E-state index contributed by atoms with van der Waals surface area (Å²) in [4.78, 5) is 27.4. The van der Waals surface area contributed by atoms with E-state index in [1.54, 1.807) is 30.0 Å². The maximum Gasteiger partial charge on any atom is 0.243 e. The largest absolute Gasteiger partial charge is 0.351 e. The average Bonchev–Trinajstić information content (AvgIpc) is 3.21. The van der Waals surface area contributed by atoms with Crippen LogP contribution >= 0.6 is 0 Å². The molecule has 2 heterocycles. The highest BCUT2D eigenvalue weighted by molar-refractivity contribution is 7.89. The molecule has 2 saturated heterocycles. The van der Waals surface area contributed by atoms with E-state index in [4.69, 9.17) is 0 Å². The van der Waals surface area contributed by atoms with Gasteiger partial charge < -0.3 is 10.2 Å². The third kappa shape index (κ3) is 4.59. The van der Waals surface area contributed by atoms with E-state index in [1.165, 1.54) is 4.31 Å². The number of nitrogens with zero attached hydrogens (tertiary/aromatic N) is 2. The number of hydrogen-bond donors (Lipinski definition) is 1. The fourth-order valence-electron chi connectivity index (χ4n) is 4.40. The van der Waals surface area contributed by atoms with Gasteiger partial charge in [-0.15, -0.1) is 6.58 Å². The predicted molar refractivity (Wildman–Crippen MR) is 115 cm³/mol. The SMILES string of the molecule is C=CCNC(=O)C1CCCN1C(=O)C1CCN(S(=O)(=O)c2ccc(C)cc2C)CC1. The third-order valence-electron chi connectivity index (χ3n) is 6.01. The van der Waals surface area contributed by atoms with Gasteiger partial charge in [-0.05, 0) is 51.2 Å². The lowest BCUT2D eigenvalue weighted by Crippen LogP contribution is -2.50. The van der Waals surface area contributed by atoms with Crippen LogP contribution in [0.2, 0.25) is 0 Å². The quantitative estimate of drug-likeness (QED) is 0.695. The standard InChI is InChI=1S/C22H31N3O4S/c1-4-11-23-21(26)19-6-5-12-25(19)22(27)18-9-13-24(14-10-18)30(28,29)20-8-7-16(2)15-17(20)3/h4,7-8,15,18-19H,1,5-6,9-14H2,2-3H3,(H,23,26). The molecule has 0 radical (unpaired) electrons. The number of carbonyl (C=O) groups excluding carboxylic acids is 2. The molecule has 0 bridgehead atoms. The smallest absolute Gasteiger partial charge is 0.243 e. The number of amides is 2. The lowest BCUT2D eigenvalue weighted by Gasteiger charge is -2.34. The lowest BCUT2D eigenvalue weighted by molar-refractivity contribution is -0.142. The van der Waals surface area contributed by atoms with Crippen molar-refractivity contribution in [3.8, 4) is 0 Å². The molecule has 3 rings (SSSR count). The molecular weight excluding hydrogens is 402 g/mol. The van der Waals surface area contributed by atoms with Gasteiger partial charge in [-0.2, -0.15) is 4.31 Å². The maximum absolute atomic E-state index is 13.1. The van der Waals surface area contributed by atoms with Crippen molar-refractivity contribution in [1.29, 1.82) is 0 Å². The summed E-state index contributed by atoms with van der Waals surface area (Å²) < 4.78 is 27.6. The Hall–Kier alpha value is -2.19. The molecule has 2 aliphatic rings. The second-order valence-electron chi connectivity index (χ2n) is 8.17. The van der Waals surface area contributed by atoms with Crippen molar-refractivity contribution >= 4 is 21.8 Å². The van der Waals surface area contributed by atoms with Crippen LogP contribution in [0.1, 0.15) is 36.8 Å². The fraction of sp³-hybridized carbons (Fsp3) is 0.545. The summed E-state index contributed by atoms with van der Waals surface area (Å²) in [6, 6.07) is 4.90. The zero-order valence-electron chi connectivity index (χ0n) is 17.8. The van der Waals surface area contributed by atoms with Crippen molar-refractivity contribution in [3.05, 3.63) is 42.0 Å². The van der Waals surface area contributed by atoms with Crippen LogP contribution in [-0.4, -0.2) is 61.7 Å². The van der Waals surface area contributed by atoms with Gasteiger partial charge in [-0.3, -0.25) is 9.59 Å². The summed E-state index contributed by atoms with van der Waals surface area (Å²) in [6.07, 6.45) is 4.03. The first-order chi connectivity index (χ1) is 14.3. The summed E-state index contributed by atoms with van der Waals surface area (Å²) >= 11 is 0. The third-order valence-corrected chi connectivity index (χ3v) is 8.07. The molecule has 2 aliphatic heterocycles. The number of benzene rings is 1. The van der Waals surface area contributed by atoms with Gasteiger partial charge in [0.2, 0.25) is 21.8 Å². The summed E-state index contributed by atoms with van der Waals surface area (Å²) in [5.74, 6) is -0.422. The van der Waals surface area contributed by atoms with Gasteiger partial charge in [0.1, 0.15) is 6.04 Å². The van der Waals surface area contributed by atoms with Crippen molar-refractivity contribution < 1.29 is 18.0 Å². The highest BCUT2D eigenvalue weighted by Gasteiger charge is 2.39. The van der Waals surface area contributed by atoms with Gasteiger partial charge in [-0.25, -0.2) is 8.42 Å². The van der Waals surface area contributed by atoms with Gasteiger partial charge in [0, 0.05) is 32.1 Å². The van der Waals surface area contributed by atoms with Gasteiger partial charge in [-0.1, -0.05) is 23.8 Å². The van der Waals surface area contributed by atoms with E-state index in [9.17, 15) is 18.0 Å². The molecule has 1 unspecified atom stereocenters. The average molecular weight is 434 g/mol. The number of aryl methyl sites for hydroxylation is 2. The van der Waals surface area contributed by atoms with E-state index in [1.807, 2.05) is 13.0 Å². The number of likely N-dealkylation sites (tertiary alicyclic amines) is 1. The molecule has 30 heavy (non-hydrogen) atoms. The van der Waals surface area contributed by atoms with E-state index < -0.39 is 16.1 Å². The minimum atomic E-state index is -3.58. The molecule has 8 heteroatoms. The minimum Gasteiger partial charge on any atom is -0.351 e. The van der Waals surface area contributed by atoms with Crippen molar-refractivity contribution in [3.63, 3.8) is 0 Å². The molecule has 0 aliphatic carbocycles. The number of hydrogen-bond acceptors (Lipinski definition) is 4. The second kappa shape index (κ2) is 9.31. The molecule has 2 amide bonds. The van der Waals surface area contributed by atoms with Crippen molar-refractivity contribution in [2.45, 2.75) is 50.5 Å². The molecule has 1 aromatic carbocycles. The molecular formula is C22H31N3O4S. The first kappa shape index (κ1) is 22.5. The fourth-order valence-corrected chi connectivity index (χ4v) is 6.07. The lowest BCUT2D eigenvalue weighted by atomic mass is 9.96. The van der Waals surface area contributed by atoms with E-state index in [0.717, 1.165) is 17.5 Å². The van der Waals surface area contributed by atoms with E-state index in [-0.39, 0.29) is 17.7 Å². The van der Waals surface area contributed by atoms with E-state index in [2.05, 4.69) is 11.9 Å². The van der Waals surface area contributed by atoms with Gasteiger partial charge >= 0.3 is 0 Å². The van der Waals surface area contributed by atoms with E-state index >= 15 is 0 Å². The Kier molecular flexibility index (Phi) is 6.98. The molecule has 2 fully saturated rings. The van der Waals surface area contributed by atoms with Crippen molar-refractivity contribution in [2.75, 3.05) is 26.2 Å². The number of sulfonamides is 1. The predicted octanol–water partition coefficient (Wildman–Crippen LogP) is 2.00. The van der Waals surface area contributed by atoms with Crippen LogP contribution in [0.5, 0.6) is 0 Å². The van der Waals surface area contributed by atoms with Crippen molar-refractivity contribution in [1.82, 2.24) is 14.5 Å². The molecule has 0 spiro atoms. The van der Waals surface area contributed by atoms with Gasteiger partial charge in [0.15, 0.2) is 0 Å². The van der Waals surface area contributed by atoms with Crippen LogP contribution < -0.4 is 5.32 Å². The minimum absolute atomic E-state index is 0.0326. The Bertz CT molecular complexity index is 920. The molecule has 164 valence electrons. The Morgan fingerprint density at radius 1 is 1.17 bits per heavy atom. The molecule has 1 aromatic rings. The Labute approximate surface area is 179 Å². The highest BCUT2D eigenvalue weighted by Crippen LogP contribution is 2.29. The summed E-state index contributed by atoms with van der Waals surface area (Å²) in [6.45, 7) is 8.92. The van der Waals surface area contributed by atoms with Gasteiger partial charge in [0.05, 0.1) is 4.90 Å². The highest BCUT2D eigenvalue weighted by atomic mass is 32.2. The molecule has 0 saturated carbocycles. The topological polar surface area (TPSA) is 86.8 Å². The molecule has 1 N–H and O–H groups in total. The molecule has 0 aromatic heterocycles. The van der Waals surface area contributed by atoms with Crippen LogP contribution in [0, 0.1) is 19.8 Å². The first-order valence-corrected chi connectivity index (χ1v) is 12.0. The normalized spacial score (nSPS) is 20.9. The van der Waals surface area contributed by atoms with Crippen LogP contribution in [0.3, 0.4) is 0 Å². The Morgan fingerprint density at radius 3 is 2.50 bits per heavy atom. The van der Waals surface area contributed by atoms with Crippen LogP contribution in [-0.2, 0) is 19.6 Å². The zero-order chi connectivity index (χ0) is 21.9. The number of piperidine rings is 1.